The molecule has 0 aliphatic carbocycles. The molecule has 38 heavy (non-hydrogen) atoms. The molecule has 3 aromatic carbocycles. The third kappa shape index (κ3) is 5.77. The number of fused-ring (bicyclic) bond motifs is 1. The van der Waals surface area contributed by atoms with Crippen LogP contribution in [0.2, 0.25) is 5.02 Å². The fourth-order valence-electron chi connectivity index (χ4n) is 4.29. The zero-order valence-electron chi connectivity index (χ0n) is 21.4. The number of nitrogens with one attached hydrogen (secondary N) is 1. The maximum absolute atomic E-state index is 14.1. The van der Waals surface area contributed by atoms with E-state index in [4.69, 9.17) is 16.1 Å². The molecule has 6 nitrogen and oxygen atoms in total. The van der Waals surface area contributed by atoms with E-state index in [9.17, 15) is 19.1 Å². The number of halogens is 2. The molecule has 0 fully saturated rings. The summed E-state index contributed by atoms with van der Waals surface area (Å²) in [7, 11) is 0. The first-order chi connectivity index (χ1) is 17.9. The highest BCUT2D eigenvalue weighted by Crippen LogP contribution is 2.37. The van der Waals surface area contributed by atoms with Gasteiger partial charge in [-0.1, -0.05) is 60.1 Å². The summed E-state index contributed by atoms with van der Waals surface area (Å²) in [4.78, 5) is 25.6. The minimum absolute atomic E-state index is 0.189. The Balaban J connectivity index is 1.74. The van der Waals surface area contributed by atoms with E-state index in [-0.39, 0.29) is 6.42 Å². The number of benzene rings is 3. The number of anilines is 1. The zero-order valence-corrected chi connectivity index (χ0v) is 22.1. The third-order valence-corrected chi connectivity index (χ3v) is 6.68. The Morgan fingerprint density at radius 1 is 1.08 bits per heavy atom. The molecule has 1 amide bonds. The lowest BCUT2D eigenvalue weighted by Crippen LogP contribution is -2.46. The van der Waals surface area contributed by atoms with Crippen LogP contribution in [0.15, 0.2) is 70.0 Å². The minimum Gasteiger partial charge on any atom is -0.369 e. The molecule has 1 heterocycles. The van der Waals surface area contributed by atoms with Crippen LogP contribution in [0.4, 0.5) is 10.1 Å². The lowest BCUT2D eigenvalue weighted by atomic mass is 9.75. The number of aryl methyl sites for hydroxylation is 2. The SMILES string of the molecule is Cc1ccc(C#CC(O)(CC(C)(C)c2cc(F)ccc2Cl)C(=O)Nc2ccc3c(=O)onc(C)c3c2)cc1. The molecule has 0 saturated heterocycles. The van der Waals surface area contributed by atoms with Gasteiger partial charge in [-0.3, -0.25) is 4.79 Å². The molecule has 1 atom stereocenters. The second kappa shape index (κ2) is 10.4. The van der Waals surface area contributed by atoms with Crippen molar-refractivity contribution in [1.29, 1.82) is 0 Å². The third-order valence-electron chi connectivity index (χ3n) is 6.35. The fourth-order valence-corrected chi connectivity index (χ4v) is 4.66. The van der Waals surface area contributed by atoms with Gasteiger partial charge in [0.2, 0.25) is 5.60 Å². The lowest BCUT2D eigenvalue weighted by Gasteiger charge is -2.33. The molecule has 194 valence electrons. The van der Waals surface area contributed by atoms with Crippen LogP contribution < -0.4 is 10.9 Å². The number of carbonyl (C=O) groups excluding carboxylic acids is 1. The number of amides is 1. The van der Waals surface area contributed by atoms with Gasteiger partial charge < -0.3 is 14.9 Å². The molecule has 0 spiro atoms. The molecule has 0 aliphatic heterocycles. The summed E-state index contributed by atoms with van der Waals surface area (Å²) in [6, 6.07) is 15.9. The van der Waals surface area contributed by atoms with Gasteiger partial charge in [-0.25, -0.2) is 9.18 Å². The first kappa shape index (κ1) is 27.1. The summed E-state index contributed by atoms with van der Waals surface area (Å²) in [5.41, 5.74) is -0.859. The van der Waals surface area contributed by atoms with Gasteiger partial charge in [-0.2, -0.15) is 0 Å². The number of aliphatic hydroxyl groups is 1. The number of hydrogen-bond acceptors (Lipinski definition) is 5. The summed E-state index contributed by atoms with van der Waals surface area (Å²) in [5.74, 6) is 4.37. The highest BCUT2D eigenvalue weighted by atomic mass is 35.5. The Morgan fingerprint density at radius 3 is 2.50 bits per heavy atom. The maximum atomic E-state index is 14.1. The van der Waals surface area contributed by atoms with Gasteiger partial charge in [0.05, 0.1) is 11.1 Å². The van der Waals surface area contributed by atoms with E-state index in [1.165, 1.54) is 30.3 Å². The number of rotatable bonds is 5. The van der Waals surface area contributed by atoms with Crippen molar-refractivity contribution in [2.24, 2.45) is 0 Å². The summed E-state index contributed by atoms with van der Waals surface area (Å²) < 4.78 is 18.8. The summed E-state index contributed by atoms with van der Waals surface area (Å²) in [6.07, 6.45) is -0.189. The molecule has 8 heteroatoms. The predicted molar refractivity (Wildman–Crippen MR) is 146 cm³/mol. The Morgan fingerprint density at radius 2 is 1.79 bits per heavy atom. The average Bonchev–Trinajstić information content (AvgIpc) is 2.87. The largest absolute Gasteiger partial charge is 0.369 e. The number of aromatic nitrogens is 1. The number of nitrogens with zero attached hydrogens (tertiary/aromatic N) is 1. The molecule has 4 aromatic rings. The van der Waals surface area contributed by atoms with Gasteiger partial charge in [-0.15, -0.1) is 0 Å². The second-order valence-electron chi connectivity index (χ2n) is 9.93. The van der Waals surface area contributed by atoms with Crippen LogP contribution in [0.1, 0.15) is 42.7 Å². The summed E-state index contributed by atoms with van der Waals surface area (Å²) in [5, 5.41) is 19.3. The van der Waals surface area contributed by atoms with Gasteiger partial charge in [0.25, 0.3) is 5.91 Å². The quantitative estimate of drug-likeness (QED) is 0.322. The summed E-state index contributed by atoms with van der Waals surface area (Å²) >= 11 is 6.37. The van der Waals surface area contributed by atoms with Crippen molar-refractivity contribution in [3.05, 3.63) is 104 Å². The van der Waals surface area contributed by atoms with E-state index in [0.29, 0.717) is 38.3 Å². The second-order valence-corrected chi connectivity index (χ2v) is 10.3. The van der Waals surface area contributed by atoms with Crippen LogP contribution in [0.5, 0.6) is 0 Å². The van der Waals surface area contributed by atoms with E-state index in [1.807, 2.05) is 19.1 Å². The highest BCUT2D eigenvalue weighted by molar-refractivity contribution is 6.31. The Labute approximate surface area is 224 Å². The van der Waals surface area contributed by atoms with Crippen LogP contribution >= 0.6 is 11.6 Å². The molecule has 0 radical (unpaired) electrons. The first-order valence-corrected chi connectivity index (χ1v) is 12.3. The van der Waals surface area contributed by atoms with Crippen LogP contribution in [-0.2, 0) is 10.2 Å². The highest BCUT2D eigenvalue weighted by Gasteiger charge is 2.41. The minimum atomic E-state index is -2.19. The van der Waals surface area contributed by atoms with Crippen LogP contribution in [-0.4, -0.2) is 21.8 Å². The van der Waals surface area contributed by atoms with Gasteiger partial charge in [0, 0.05) is 28.1 Å². The smallest absolute Gasteiger partial charge is 0.366 e. The lowest BCUT2D eigenvalue weighted by molar-refractivity contribution is -0.130. The van der Waals surface area contributed by atoms with Crippen molar-refractivity contribution in [1.82, 2.24) is 5.16 Å². The van der Waals surface area contributed by atoms with Crippen LogP contribution in [0.25, 0.3) is 10.8 Å². The van der Waals surface area contributed by atoms with Gasteiger partial charge in [-0.05, 0) is 73.4 Å². The van der Waals surface area contributed by atoms with E-state index in [0.717, 1.165) is 5.56 Å². The van der Waals surface area contributed by atoms with Crippen molar-refractivity contribution >= 4 is 34.0 Å². The molecular formula is C30H26ClFN2O4. The topological polar surface area (TPSA) is 92.4 Å². The molecule has 2 N–H and O–H groups in total. The first-order valence-electron chi connectivity index (χ1n) is 11.9. The van der Waals surface area contributed by atoms with Gasteiger partial charge in [0.15, 0.2) is 0 Å². The molecule has 0 aliphatic rings. The predicted octanol–water partition coefficient (Wildman–Crippen LogP) is 5.69. The standard InChI is InChI=1S/C30H26ClFN2O4/c1-18-5-7-20(8-6-18)13-14-30(37,17-29(3,4)25-15-21(32)9-12-26(25)31)28(36)33-22-10-11-23-24(16-22)19(2)34-38-27(23)35/h5-12,15-16,37H,17H2,1-4H3,(H,33,36). The molecule has 1 unspecified atom stereocenters. The van der Waals surface area contributed by atoms with Crippen molar-refractivity contribution in [3.63, 3.8) is 0 Å². The van der Waals surface area contributed by atoms with Crippen molar-refractivity contribution in [2.45, 2.75) is 45.1 Å². The zero-order chi connectivity index (χ0) is 27.7. The summed E-state index contributed by atoms with van der Waals surface area (Å²) in [6.45, 7) is 7.12. The molecule has 0 saturated carbocycles. The van der Waals surface area contributed by atoms with E-state index < -0.39 is 28.4 Å². The Kier molecular flexibility index (Phi) is 7.41. The number of hydrogen-bond donors (Lipinski definition) is 2. The maximum Gasteiger partial charge on any atom is 0.366 e. The normalized spacial score (nSPS) is 12.9. The monoisotopic (exact) mass is 532 g/mol. The Hall–Kier alpha value is -3.99. The van der Waals surface area contributed by atoms with Crippen molar-refractivity contribution in [2.75, 3.05) is 5.32 Å². The van der Waals surface area contributed by atoms with Gasteiger partial charge >= 0.3 is 5.63 Å². The molecule has 1 aromatic heterocycles. The molecule has 4 rings (SSSR count). The fraction of sp³-hybridized carbons (Fsp3) is 0.233. The van der Waals surface area contributed by atoms with E-state index in [2.05, 4.69) is 22.3 Å². The van der Waals surface area contributed by atoms with Crippen LogP contribution in [0, 0.1) is 31.5 Å². The molecular weight excluding hydrogens is 507 g/mol. The molecule has 0 bridgehead atoms. The van der Waals surface area contributed by atoms with Crippen molar-refractivity contribution < 1.29 is 18.8 Å². The van der Waals surface area contributed by atoms with Gasteiger partial charge in [0.1, 0.15) is 5.82 Å². The van der Waals surface area contributed by atoms with Crippen LogP contribution in [0.3, 0.4) is 0 Å². The van der Waals surface area contributed by atoms with Crippen molar-refractivity contribution in [3.8, 4) is 11.8 Å². The average molecular weight is 533 g/mol. The van der Waals surface area contributed by atoms with E-state index in [1.54, 1.807) is 39.0 Å². The Bertz CT molecular complexity index is 1650. The van der Waals surface area contributed by atoms with E-state index >= 15 is 0 Å². The number of carbonyl (C=O) groups is 1.